The van der Waals surface area contributed by atoms with Gasteiger partial charge in [-0.05, 0) is 11.8 Å². The Bertz CT molecular complexity index is 195. The van der Waals surface area contributed by atoms with Crippen LogP contribution < -0.4 is 0 Å². The van der Waals surface area contributed by atoms with Crippen LogP contribution in [0.2, 0.25) is 0 Å². The molecular formula is C13H28O4. The number of hydrogen-bond acceptors (Lipinski definition) is 4. The van der Waals surface area contributed by atoms with Gasteiger partial charge in [0.2, 0.25) is 0 Å². The minimum Gasteiger partial charge on any atom is -0.395 e. The van der Waals surface area contributed by atoms with Crippen molar-refractivity contribution in [2.24, 2.45) is 17.3 Å². The molecule has 0 radical (unpaired) electrons. The molecule has 104 valence electrons. The monoisotopic (exact) mass is 248 g/mol. The van der Waals surface area contributed by atoms with Gasteiger partial charge in [0.25, 0.3) is 0 Å². The van der Waals surface area contributed by atoms with Crippen molar-refractivity contribution < 1.29 is 20.4 Å². The van der Waals surface area contributed by atoms with Crippen molar-refractivity contribution in [2.75, 3.05) is 19.8 Å². The van der Waals surface area contributed by atoms with Crippen molar-refractivity contribution in [1.82, 2.24) is 0 Å². The summed E-state index contributed by atoms with van der Waals surface area (Å²) in [4.78, 5) is 0. The fourth-order valence-electron chi connectivity index (χ4n) is 2.68. The molecule has 0 aliphatic rings. The molecule has 0 bridgehead atoms. The predicted octanol–water partition coefficient (Wildman–Crippen LogP) is 0.773. The smallest absolute Gasteiger partial charge is 0.0820 e. The SMILES string of the molecule is CCC(C)C(O)(C(C)CC)C(CO)(CO)CO. The molecule has 4 nitrogen and oxygen atoms in total. The molecule has 0 aliphatic carbocycles. The van der Waals surface area contributed by atoms with Gasteiger partial charge in [-0.25, -0.2) is 0 Å². The Labute approximate surface area is 104 Å². The predicted molar refractivity (Wildman–Crippen MR) is 67.6 cm³/mol. The van der Waals surface area contributed by atoms with E-state index in [1.165, 1.54) is 0 Å². The second-order valence-corrected chi connectivity index (χ2v) is 5.20. The zero-order valence-corrected chi connectivity index (χ0v) is 11.5. The molecule has 0 aliphatic heterocycles. The molecule has 0 fully saturated rings. The summed E-state index contributed by atoms with van der Waals surface area (Å²) >= 11 is 0. The Morgan fingerprint density at radius 1 is 0.824 bits per heavy atom. The van der Waals surface area contributed by atoms with Crippen molar-refractivity contribution in [3.05, 3.63) is 0 Å². The summed E-state index contributed by atoms with van der Waals surface area (Å²) in [5.41, 5.74) is -2.52. The van der Waals surface area contributed by atoms with Crippen LogP contribution in [0.4, 0.5) is 0 Å². The summed E-state index contributed by atoms with van der Waals surface area (Å²) < 4.78 is 0. The van der Waals surface area contributed by atoms with Crippen LogP contribution in [0.1, 0.15) is 40.5 Å². The van der Waals surface area contributed by atoms with Crippen LogP contribution in [0.5, 0.6) is 0 Å². The van der Waals surface area contributed by atoms with Gasteiger partial charge in [0.15, 0.2) is 0 Å². The lowest BCUT2D eigenvalue weighted by molar-refractivity contribution is -0.205. The molecular weight excluding hydrogens is 220 g/mol. The summed E-state index contributed by atoms with van der Waals surface area (Å²) in [6.07, 6.45) is 1.45. The molecule has 0 aromatic heterocycles. The molecule has 4 heteroatoms. The van der Waals surface area contributed by atoms with Crippen molar-refractivity contribution in [3.8, 4) is 0 Å². The van der Waals surface area contributed by atoms with E-state index in [1.54, 1.807) is 0 Å². The van der Waals surface area contributed by atoms with Gasteiger partial charge < -0.3 is 20.4 Å². The Morgan fingerprint density at radius 2 is 1.12 bits per heavy atom. The topological polar surface area (TPSA) is 80.9 Å². The van der Waals surface area contributed by atoms with E-state index in [0.717, 1.165) is 12.8 Å². The zero-order valence-electron chi connectivity index (χ0n) is 11.5. The average Bonchev–Trinajstić information content (AvgIpc) is 2.38. The third kappa shape index (κ3) is 2.65. The molecule has 0 saturated heterocycles. The third-order valence-corrected chi connectivity index (χ3v) is 4.48. The van der Waals surface area contributed by atoms with Crippen LogP contribution in [-0.2, 0) is 0 Å². The van der Waals surface area contributed by atoms with Crippen molar-refractivity contribution >= 4 is 0 Å². The van der Waals surface area contributed by atoms with E-state index in [9.17, 15) is 20.4 Å². The molecule has 0 spiro atoms. The first-order chi connectivity index (χ1) is 7.89. The van der Waals surface area contributed by atoms with Crippen LogP contribution >= 0.6 is 0 Å². The summed E-state index contributed by atoms with van der Waals surface area (Å²) in [6.45, 7) is 6.41. The maximum Gasteiger partial charge on any atom is 0.0820 e. The molecule has 2 atom stereocenters. The number of aliphatic hydroxyl groups excluding tert-OH is 3. The van der Waals surface area contributed by atoms with Crippen molar-refractivity contribution in [1.29, 1.82) is 0 Å². The molecule has 0 heterocycles. The highest BCUT2D eigenvalue weighted by Gasteiger charge is 2.54. The standard InChI is InChI=1S/C13H28O4/c1-5-10(3)13(17,11(4)6-2)12(7-14,8-15)9-16/h10-11,14-17H,5-9H2,1-4H3. The Hall–Kier alpha value is -0.160. The number of rotatable bonds is 8. The summed E-state index contributed by atoms with van der Waals surface area (Å²) in [7, 11) is 0. The Balaban J connectivity index is 5.56. The quantitative estimate of drug-likeness (QED) is 0.511. The minimum absolute atomic E-state index is 0.108. The van der Waals surface area contributed by atoms with E-state index in [2.05, 4.69) is 0 Å². The van der Waals surface area contributed by atoms with E-state index in [0.29, 0.717) is 0 Å². The number of aliphatic hydroxyl groups is 4. The fourth-order valence-corrected chi connectivity index (χ4v) is 2.68. The molecule has 4 N–H and O–H groups in total. The zero-order chi connectivity index (χ0) is 13.7. The average molecular weight is 248 g/mol. The summed E-state index contributed by atoms with van der Waals surface area (Å²) in [6, 6.07) is 0. The Kier molecular flexibility index (Phi) is 6.62. The normalized spacial score (nSPS) is 19.8. The molecule has 0 amide bonds. The lowest BCUT2D eigenvalue weighted by Gasteiger charge is -2.51. The lowest BCUT2D eigenvalue weighted by atomic mass is 9.60. The van der Waals surface area contributed by atoms with Crippen molar-refractivity contribution in [2.45, 2.75) is 46.1 Å². The van der Waals surface area contributed by atoms with E-state index >= 15 is 0 Å². The van der Waals surface area contributed by atoms with E-state index in [-0.39, 0.29) is 11.8 Å². The second-order valence-electron chi connectivity index (χ2n) is 5.20. The highest BCUT2D eigenvalue weighted by molar-refractivity contribution is 5.03. The maximum atomic E-state index is 11.0. The second kappa shape index (κ2) is 6.69. The van der Waals surface area contributed by atoms with Gasteiger partial charge in [-0.2, -0.15) is 0 Å². The van der Waals surface area contributed by atoms with E-state index in [1.807, 2.05) is 27.7 Å². The fraction of sp³-hybridized carbons (Fsp3) is 1.00. The lowest BCUT2D eigenvalue weighted by Crippen LogP contribution is -2.62. The summed E-state index contributed by atoms with van der Waals surface area (Å²) in [5.74, 6) is -0.215. The minimum atomic E-state index is -1.27. The highest BCUT2D eigenvalue weighted by atomic mass is 16.3. The van der Waals surface area contributed by atoms with Crippen LogP contribution in [0.25, 0.3) is 0 Å². The van der Waals surface area contributed by atoms with Crippen LogP contribution in [0.15, 0.2) is 0 Å². The first-order valence-corrected chi connectivity index (χ1v) is 6.45. The van der Waals surface area contributed by atoms with Crippen LogP contribution in [-0.4, -0.2) is 45.8 Å². The third-order valence-electron chi connectivity index (χ3n) is 4.48. The van der Waals surface area contributed by atoms with Gasteiger partial charge in [0, 0.05) is 0 Å². The van der Waals surface area contributed by atoms with Gasteiger partial charge in [-0.3, -0.25) is 0 Å². The van der Waals surface area contributed by atoms with Crippen molar-refractivity contribution in [3.63, 3.8) is 0 Å². The first kappa shape index (κ1) is 16.8. The first-order valence-electron chi connectivity index (χ1n) is 6.45. The van der Waals surface area contributed by atoms with Gasteiger partial charge in [0.1, 0.15) is 0 Å². The van der Waals surface area contributed by atoms with Gasteiger partial charge in [0.05, 0.1) is 30.8 Å². The molecule has 17 heavy (non-hydrogen) atoms. The van der Waals surface area contributed by atoms with Crippen LogP contribution in [0.3, 0.4) is 0 Å². The van der Waals surface area contributed by atoms with Gasteiger partial charge in [-0.15, -0.1) is 0 Å². The van der Waals surface area contributed by atoms with E-state index < -0.39 is 30.8 Å². The van der Waals surface area contributed by atoms with Gasteiger partial charge in [-0.1, -0.05) is 40.5 Å². The largest absolute Gasteiger partial charge is 0.395 e. The number of hydrogen-bond donors (Lipinski definition) is 4. The molecule has 0 aromatic carbocycles. The molecule has 0 saturated carbocycles. The van der Waals surface area contributed by atoms with Crippen LogP contribution in [0, 0.1) is 17.3 Å². The molecule has 0 aromatic rings. The maximum absolute atomic E-state index is 11.0. The molecule has 2 unspecified atom stereocenters. The highest BCUT2D eigenvalue weighted by Crippen LogP contribution is 2.44. The van der Waals surface area contributed by atoms with Gasteiger partial charge >= 0.3 is 0 Å². The Morgan fingerprint density at radius 3 is 1.29 bits per heavy atom. The van der Waals surface area contributed by atoms with E-state index in [4.69, 9.17) is 0 Å². The summed E-state index contributed by atoms with van der Waals surface area (Å²) in [5, 5.41) is 39.5. The molecule has 0 rings (SSSR count).